The van der Waals surface area contributed by atoms with Crippen LogP contribution >= 0.6 is 0 Å². The molecule has 0 radical (unpaired) electrons. The molecule has 0 aliphatic carbocycles. The van der Waals surface area contributed by atoms with E-state index >= 15 is 0 Å². The molecule has 2 N–H and O–H groups in total. The number of hydrogen-bond acceptors (Lipinski definition) is 2. The summed E-state index contributed by atoms with van der Waals surface area (Å²) in [5.41, 5.74) is 0. The van der Waals surface area contributed by atoms with Crippen molar-refractivity contribution >= 4 is 12.9 Å². The molecule has 0 unspecified atom stereocenters. The second kappa shape index (κ2) is 58.9. The van der Waals surface area contributed by atoms with Crippen molar-refractivity contribution in [1.82, 2.24) is 0 Å². The van der Waals surface area contributed by atoms with E-state index in [4.69, 9.17) is 19.8 Å². The predicted molar refractivity (Wildman–Crippen MR) is 19.6 cm³/mol. The van der Waals surface area contributed by atoms with E-state index in [1.165, 1.54) is 0 Å². The molecule has 0 heterocycles. The average molecular weight is 108 g/mol. The zero-order valence-corrected chi connectivity index (χ0v) is 4.87. The smallest absolute Gasteiger partial charge is 1.00 e. The molecule has 0 aromatic carbocycles. The number of carbonyl (C=O) groups is 2. The van der Waals surface area contributed by atoms with Crippen molar-refractivity contribution in [3.63, 3.8) is 0 Å². The summed E-state index contributed by atoms with van der Waals surface area (Å²) in [5, 5.41) is 13.8. The van der Waals surface area contributed by atoms with Crippen LogP contribution in [0.2, 0.25) is 0 Å². The third-order valence-corrected chi connectivity index (χ3v) is 0. The Balaban J connectivity index is -0.00000000571. The van der Waals surface area contributed by atoms with E-state index in [2.05, 4.69) is 0 Å². The Kier molecular flexibility index (Phi) is 178. The van der Waals surface area contributed by atoms with Gasteiger partial charge in [-0.05, 0) is 0 Å². The van der Waals surface area contributed by atoms with Crippen LogP contribution in [-0.2, 0) is 9.59 Å². The SMILES string of the molecule is O=CO.O=CO.[H-].[H-].[Li+].[Li+]. The number of hydrogen-bond donors (Lipinski definition) is 2. The fourth-order valence-electron chi connectivity index (χ4n) is 0. The van der Waals surface area contributed by atoms with Crippen LogP contribution < -0.4 is 37.7 Å². The quantitative estimate of drug-likeness (QED) is 0.239. The van der Waals surface area contributed by atoms with Crippen molar-refractivity contribution in [3.8, 4) is 0 Å². The molecule has 0 aliphatic heterocycles. The summed E-state index contributed by atoms with van der Waals surface area (Å²) < 4.78 is 0. The molecule has 0 saturated carbocycles. The molecule has 40 valence electrons. The van der Waals surface area contributed by atoms with E-state index in [-0.39, 0.29) is 53.5 Å². The predicted octanol–water partition coefficient (Wildman–Crippen LogP) is -6.37. The molecule has 0 spiro atoms. The number of carboxylic acid groups (broad SMARTS) is 2. The van der Waals surface area contributed by atoms with Crippen molar-refractivity contribution in [2.24, 2.45) is 0 Å². The molecule has 4 nitrogen and oxygen atoms in total. The normalized spacial score (nSPS) is 3.00. The third-order valence-electron chi connectivity index (χ3n) is 0. The van der Waals surface area contributed by atoms with Crippen LogP contribution in [-0.4, -0.2) is 23.2 Å². The molecular formula is C2H6Li2O4. The van der Waals surface area contributed by atoms with Gasteiger partial charge in [0.2, 0.25) is 0 Å². The minimum Gasteiger partial charge on any atom is -1.00 e. The first kappa shape index (κ1) is 24.2. The van der Waals surface area contributed by atoms with E-state index in [0.29, 0.717) is 0 Å². The van der Waals surface area contributed by atoms with Gasteiger partial charge in [-0.2, -0.15) is 0 Å². The summed E-state index contributed by atoms with van der Waals surface area (Å²) in [4.78, 5) is 16.7. The maximum absolute atomic E-state index is 8.36. The van der Waals surface area contributed by atoms with Gasteiger partial charge in [-0.1, -0.05) is 0 Å². The maximum atomic E-state index is 8.36. The van der Waals surface area contributed by atoms with Crippen molar-refractivity contribution in [2.45, 2.75) is 0 Å². The molecule has 0 fully saturated rings. The molecule has 0 aromatic heterocycles. The van der Waals surface area contributed by atoms with Crippen LogP contribution in [0.15, 0.2) is 0 Å². The van der Waals surface area contributed by atoms with E-state index in [9.17, 15) is 0 Å². The monoisotopic (exact) mass is 108 g/mol. The Morgan fingerprint density at radius 3 is 1.00 bits per heavy atom. The molecule has 8 heavy (non-hydrogen) atoms. The first-order valence-corrected chi connectivity index (χ1v) is 0.988. The van der Waals surface area contributed by atoms with E-state index in [0.717, 1.165) is 0 Å². The number of rotatable bonds is 0. The Labute approximate surface area is 73.6 Å². The van der Waals surface area contributed by atoms with Crippen LogP contribution in [0.4, 0.5) is 0 Å². The van der Waals surface area contributed by atoms with Gasteiger partial charge in [-0.25, -0.2) is 0 Å². The molecule has 0 saturated heterocycles. The standard InChI is InChI=1S/2CH2O2.2Li.2H/c2*2-1-3;;;;/h2*1H,(H,2,3);;;;/q;;2*+1;2*-1. The summed E-state index contributed by atoms with van der Waals surface area (Å²) in [6.45, 7) is -0.500. The topological polar surface area (TPSA) is 74.6 Å². The Hall–Kier alpha value is 0.135. The van der Waals surface area contributed by atoms with Crippen molar-refractivity contribution in [2.75, 3.05) is 0 Å². The van der Waals surface area contributed by atoms with Gasteiger partial charge in [-0.15, -0.1) is 0 Å². The Morgan fingerprint density at radius 1 is 1.00 bits per heavy atom. The zero-order valence-electron chi connectivity index (χ0n) is 6.87. The summed E-state index contributed by atoms with van der Waals surface area (Å²) in [6, 6.07) is 0. The Bertz CT molecular complexity index is 40.2. The van der Waals surface area contributed by atoms with Crippen molar-refractivity contribution < 1.29 is 60.4 Å². The first-order valence-electron chi connectivity index (χ1n) is 0.988. The summed E-state index contributed by atoms with van der Waals surface area (Å²) in [6.07, 6.45) is 0. The van der Waals surface area contributed by atoms with E-state index in [1.54, 1.807) is 0 Å². The molecule has 0 aromatic rings. The maximum Gasteiger partial charge on any atom is 1.00 e. The second-order valence-electron chi connectivity index (χ2n) is 0.211. The molecule has 0 amide bonds. The molecule has 6 heteroatoms. The van der Waals surface area contributed by atoms with Gasteiger partial charge in [0.05, 0.1) is 0 Å². The fraction of sp³-hybridized carbons (Fsp3) is 0. The van der Waals surface area contributed by atoms with Gasteiger partial charge in [0.1, 0.15) is 0 Å². The molecule has 0 rings (SSSR count). The van der Waals surface area contributed by atoms with Gasteiger partial charge >= 0.3 is 37.7 Å². The summed E-state index contributed by atoms with van der Waals surface area (Å²) in [7, 11) is 0. The van der Waals surface area contributed by atoms with E-state index < -0.39 is 0 Å². The molecule has 0 atom stereocenters. The minimum absolute atomic E-state index is 0. The van der Waals surface area contributed by atoms with Crippen LogP contribution in [0, 0.1) is 0 Å². The zero-order chi connectivity index (χ0) is 5.41. The molecule has 0 aliphatic rings. The van der Waals surface area contributed by atoms with Crippen LogP contribution in [0.1, 0.15) is 2.85 Å². The third kappa shape index (κ3) is 8900. The van der Waals surface area contributed by atoms with Gasteiger partial charge in [-0.3, -0.25) is 9.59 Å². The van der Waals surface area contributed by atoms with Crippen LogP contribution in [0.3, 0.4) is 0 Å². The van der Waals surface area contributed by atoms with Gasteiger partial charge in [0.15, 0.2) is 0 Å². The average Bonchev–Trinajstić information content (AvgIpc) is 1.39. The van der Waals surface area contributed by atoms with Crippen LogP contribution in [0.25, 0.3) is 0 Å². The van der Waals surface area contributed by atoms with Gasteiger partial charge in [0, 0.05) is 0 Å². The van der Waals surface area contributed by atoms with E-state index in [1.807, 2.05) is 0 Å². The summed E-state index contributed by atoms with van der Waals surface area (Å²) in [5.74, 6) is 0. The second-order valence-corrected chi connectivity index (χ2v) is 0.211. The van der Waals surface area contributed by atoms with Crippen molar-refractivity contribution in [3.05, 3.63) is 0 Å². The van der Waals surface area contributed by atoms with Gasteiger partial charge < -0.3 is 13.1 Å². The minimum atomic E-state index is -0.250. The first-order chi connectivity index (χ1) is 2.83. The van der Waals surface area contributed by atoms with Crippen molar-refractivity contribution in [1.29, 1.82) is 0 Å². The fourth-order valence-corrected chi connectivity index (χ4v) is 0. The van der Waals surface area contributed by atoms with Crippen LogP contribution in [0.5, 0.6) is 0 Å². The largest absolute Gasteiger partial charge is 1.00 e. The summed E-state index contributed by atoms with van der Waals surface area (Å²) >= 11 is 0. The Morgan fingerprint density at radius 2 is 1.00 bits per heavy atom. The molecule has 0 bridgehead atoms. The molecular weight excluding hydrogens is 102 g/mol. The van der Waals surface area contributed by atoms with Gasteiger partial charge in [0.25, 0.3) is 12.9 Å².